The van der Waals surface area contributed by atoms with E-state index in [2.05, 4.69) is 10.6 Å². The lowest BCUT2D eigenvalue weighted by Crippen LogP contribution is -2.29. The Morgan fingerprint density at radius 2 is 1.59 bits per heavy atom. The van der Waals surface area contributed by atoms with Crippen molar-refractivity contribution in [2.75, 3.05) is 37.6 Å². The molecule has 0 saturated carbocycles. The van der Waals surface area contributed by atoms with Crippen molar-refractivity contribution in [1.82, 2.24) is 4.90 Å². The van der Waals surface area contributed by atoms with E-state index in [1.54, 1.807) is 48.5 Å². The van der Waals surface area contributed by atoms with Gasteiger partial charge in [0, 0.05) is 23.5 Å². The van der Waals surface area contributed by atoms with Gasteiger partial charge in [0.2, 0.25) is 12.7 Å². The Bertz CT molecular complexity index is 1150. The van der Waals surface area contributed by atoms with Crippen LogP contribution >= 0.6 is 0 Å². The fourth-order valence-corrected chi connectivity index (χ4v) is 3.56. The average molecular weight is 462 g/mol. The van der Waals surface area contributed by atoms with E-state index in [-0.39, 0.29) is 25.2 Å². The third-order valence-electron chi connectivity index (χ3n) is 5.16. The lowest BCUT2D eigenvalue weighted by Gasteiger charge is -2.16. The maximum Gasteiger partial charge on any atom is 0.255 e. The predicted molar refractivity (Wildman–Crippen MR) is 130 cm³/mol. The Labute approximate surface area is 198 Å². The molecule has 8 heteroatoms. The second kappa shape index (κ2) is 10.7. The summed E-state index contributed by atoms with van der Waals surface area (Å²) in [7, 11) is 1.87. The number of hydrogen-bond acceptors (Lipinski definition) is 6. The van der Waals surface area contributed by atoms with Crippen molar-refractivity contribution in [1.29, 1.82) is 0 Å². The van der Waals surface area contributed by atoms with Gasteiger partial charge in [-0.05, 0) is 80.2 Å². The molecule has 2 N–H and O–H groups in total. The monoisotopic (exact) mass is 461 g/mol. The highest BCUT2D eigenvalue weighted by Gasteiger charge is 2.15. The van der Waals surface area contributed by atoms with Crippen molar-refractivity contribution in [3.8, 4) is 17.2 Å². The highest BCUT2D eigenvalue weighted by Crippen LogP contribution is 2.32. The highest BCUT2D eigenvalue weighted by atomic mass is 16.7. The minimum Gasteiger partial charge on any atom is -0.494 e. The molecule has 0 atom stereocenters. The number of benzene rings is 3. The molecule has 0 radical (unpaired) electrons. The molecule has 0 saturated heterocycles. The Balaban J connectivity index is 1.26. The number of carbonyl (C=O) groups is 2. The van der Waals surface area contributed by atoms with E-state index in [0.29, 0.717) is 30.1 Å². The third kappa shape index (κ3) is 6.05. The minimum absolute atomic E-state index is 0.144. The summed E-state index contributed by atoms with van der Waals surface area (Å²) in [5, 5.41) is 5.71. The number of carbonyl (C=O) groups excluding carboxylic acids is 2. The number of fused-ring (bicyclic) bond motifs is 1. The summed E-state index contributed by atoms with van der Waals surface area (Å²) in [4.78, 5) is 26.9. The van der Waals surface area contributed by atoms with Crippen molar-refractivity contribution in [3.63, 3.8) is 0 Å². The van der Waals surface area contributed by atoms with Gasteiger partial charge in [-0.25, -0.2) is 0 Å². The first-order valence-electron chi connectivity index (χ1n) is 11.0. The molecule has 4 rings (SSSR count). The molecule has 8 nitrogen and oxygen atoms in total. The van der Waals surface area contributed by atoms with Gasteiger partial charge in [0.1, 0.15) is 5.75 Å². The summed E-state index contributed by atoms with van der Waals surface area (Å²) in [5.74, 6) is 1.84. The number of nitrogens with zero attached hydrogens (tertiary/aromatic N) is 1. The van der Waals surface area contributed by atoms with Crippen LogP contribution < -0.4 is 24.8 Å². The van der Waals surface area contributed by atoms with Crippen molar-refractivity contribution in [2.45, 2.75) is 13.5 Å². The van der Waals surface area contributed by atoms with Gasteiger partial charge in [0.15, 0.2) is 11.5 Å². The molecule has 0 spiro atoms. The number of amides is 2. The van der Waals surface area contributed by atoms with Crippen molar-refractivity contribution in [2.24, 2.45) is 0 Å². The second-order valence-corrected chi connectivity index (χ2v) is 7.90. The zero-order valence-corrected chi connectivity index (χ0v) is 19.2. The average Bonchev–Trinajstić information content (AvgIpc) is 3.29. The van der Waals surface area contributed by atoms with Gasteiger partial charge in [-0.3, -0.25) is 14.5 Å². The number of likely N-dealkylation sites (N-methyl/N-ethyl adjacent to an activating group) is 1. The number of anilines is 2. The second-order valence-electron chi connectivity index (χ2n) is 7.90. The van der Waals surface area contributed by atoms with Crippen LogP contribution in [0.5, 0.6) is 17.2 Å². The molecule has 0 unspecified atom stereocenters. The van der Waals surface area contributed by atoms with Crippen LogP contribution in [0.3, 0.4) is 0 Å². The van der Waals surface area contributed by atoms with Crippen LogP contribution in [0.1, 0.15) is 22.8 Å². The third-order valence-corrected chi connectivity index (χ3v) is 5.16. The van der Waals surface area contributed by atoms with Crippen LogP contribution in [0.15, 0.2) is 66.7 Å². The van der Waals surface area contributed by atoms with E-state index >= 15 is 0 Å². The Hall–Kier alpha value is -4.04. The standard InChI is InChI=1S/C26H27N3O5/c1-3-32-22-11-9-21(10-12-22)28-26(31)19-5-7-20(8-6-19)27-25(30)16-29(2)15-18-4-13-23-24(14-18)34-17-33-23/h4-14H,3,15-17H2,1-2H3,(H,27,30)(H,28,31). The predicted octanol–water partition coefficient (Wildman–Crippen LogP) is 4.14. The maximum absolute atomic E-state index is 12.5. The first-order valence-corrected chi connectivity index (χ1v) is 11.0. The Kier molecular flexibility index (Phi) is 7.29. The van der Waals surface area contributed by atoms with Crippen LogP contribution in [-0.2, 0) is 11.3 Å². The summed E-state index contributed by atoms with van der Waals surface area (Å²) in [6.45, 7) is 3.55. The van der Waals surface area contributed by atoms with Crippen LogP contribution in [0.2, 0.25) is 0 Å². The van der Waals surface area contributed by atoms with E-state index in [1.807, 2.05) is 37.1 Å². The lowest BCUT2D eigenvalue weighted by molar-refractivity contribution is -0.117. The molecule has 1 heterocycles. The van der Waals surface area contributed by atoms with Crippen molar-refractivity contribution in [3.05, 3.63) is 77.9 Å². The molecule has 2 amide bonds. The summed E-state index contributed by atoms with van der Waals surface area (Å²) < 4.78 is 16.1. The highest BCUT2D eigenvalue weighted by molar-refractivity contribution is 6.04. The van der Waals surface area contributed by atoms with E-state index in [9.17, 15) is 9.59 Å². The topological polar surface area (TPSA) is 89.1 Å². The molecule has 0 aromatic heterocycles. The summed E-state index contributed by atoms with van der Waals surface area (Å²) in [6, 6.07) is 19.7. The summed E-state index contributed by atoms with van der Waals surface area (Å²) in [5.41, 5.74) is 2.82. The molecule has 3 aromatic rings. The van der Waals surface area contributed by atoms with Crippen molar-refractivity contribution < 1.29 is 23.8 Å². The first kappa shape index (κ1) is 23.1. The van der Waals surface area contributed by atoms with Gasteiger partial charge < -0.3 is 24.8 Å². The molecular weight excluding hydrogens is 434 g/mol. The van der Waals surface area contributed by atoms with E-state index in [0.717, 1.165) is 22.8 Å². The fourth-order valence-electron chi connectivity index (χ4n) is 3.56. The molecule has 176 valence electrons. The number of nitrogens with one attached hydrogen (secondary N) is 2. The molecule has 34 heavy (non-hydrogen) atoms. The summed E-state index contributed by atoms with van der Waals surface area (Å²) in [6.07, 6.45) is 0. The van der Waals surface area contributed by atoms with Gasteiger partial charge in [0.25, 0.3) is 5.91 Å². The van der Waals surface area contributed by atoms with Gasteiger partial charge in [0.05, 0.1) is 13.2 Å². The first-order chi connectivity index (χ1) is 16.5. The Morgan fingerprint density at radius 1 is 0.912 bits per heavy atom. The Morgan fingerprint density at radius 3 is 2.32 bits per heavy atom. The summed E-state index contributed by atoms with van der Waals surface area (Å²) >= 11 is 0. The largest absolute Gasteiger partial charge is 0.494 e. The fraction of sp³-hybridized carbons (Fsp3) is 0.231. The van der Waals surface area contributed by atoms with Gasteiger partial charge in [-0.1, -0.05) is 6.07 Å². The van der Waals surface area contributed by atoms with Gasteiger partial charge in [-0.2, -0.15) is 0 Å². The maximum atomic E-state index is 12.5. The number of hydrogen-bond donors (Lipinski definition) is 2. The van der Waals surface area contributed by atoms with Crippen LogP contribution in [0, 0.1) is 0 Å². The quantitative estimate of drug-likeness (QED) is 0.498. The van der Waals surface area contributed by atoms with E-state index < -0.39 is 0 Å². The molecule has 0 aliphatic carbocycles. The zero-order valence-electron chi connectivity index (χ0n) is 19.2. The number of ether oxygens (including phenoxy) is 3. The molecule has 0 bridgehead atoms. The zero-order chi connectivity index (χ0) is 23.9. The molecule has 0 fully saturated rings. The van der Waals surface area contributed by atoms with Gasteiger partial charge >= 0.3 is 0 Å². The molecule has 1 aliphatic heterocycles. The van der Waals surface area contributed by atoms with Crippen molar-refractivity contribution >= 4 is 23.2 Å². The molecule has 1 aliphatic rings. The van der Waals surface area contributed by atoms with E-state index in [4.69, 9.17) is 14.2 Å². The minimum atomic E-state index is -0.231. The lowest BCUT2D eigenvalue weighted by atomic mass is 10.2. The van der Waals surface area contributed by atoms with Crippen LogP contribution in [0.25, 0.3) is 0 Å². The molecule has 3 aromatic carbocycles. The molecular formula is C26H27N3O5. The van der Waals surface area contributed by atoms with Crippen LogP contribution in [-0.4, -0.2) is 43.7 Å². The normalized spacial score (nSPS) is 11.9. The van der Waals surface area contributed by atoms with Gasteiger partial charge in [-0.15, -0.1) is 0 Å². The van der Waals surface area contributed by atoms with E-state index in [1.165, 1.54) is 0 Å². The SMILES string of the molecule is CCOc1ccc(NC(=O)c2ccc(NC(=O)CN(C)Cc3ccc4c(c3)OCO4)cc2)cc1. The number of rotatable bonds is 9. The van der Waals surface area contributed by atoms with Crippen LogP contribution in [0.4, 0.5) is 11.4 Å². The smallest absolute Gasteiger partial charge is 0.255 e.